The van der Waals surface area contributed by atoms with Crippen LogP contribution in [-0.2, 0) is 23.1 Å². The van der Waals surface area contributed by atoms with Crippen LogP contribution in [0.15, 0.2) is 73.1 Å². The van der Waals surface area contributed by atoms with Gasteiger partial charge in [0.25, 0.3) is 5.91 Å². The molecular weight excluding hydrogens is 506 g/mol. The van der Waals surface area contributed by atoms with E-state index in [1.54, 1.807) is 6.07 Å². The molecule has 7 heteroatoms. The van der Waals surface area contributed by atoms with Gasteiger partial charge < -0.3 is 10.4 Å². The smallest absolute Gasteiger partial charge is 0.326 e. The number of carbonyl (C=O) groups excluding carboxylic acids is 1. The highest BCUT2D eigenvalue weighted by atomic mass is 32.1. The average Bonchev–Trinajstić information content (AvgIpc) is 3.40. The SMILES string of the molecule is CC(C)Cc1ccc(-c2cnc(-c3ccc(CC(NC(=O)c4ccc(C(C)(C)C)s4)C(=O)O)cc3)nc2)cc1. The Kier molecular flexibility index (Phi) is 8.60. The zero-order valence-corrected chi connectivity index (χ0v) is 23.9. The molecule has 6 nitrogen and oxygen atoms in total. The van der Waals surface area contributed by atoms with Gasteiger partial charge in [-0.2, -0.15) is 0 Å². The highest BCUT2D eigenvalue weighted by Gasteiger charge is 2.24. The number of carboxylic acid groups (broad SMARTS) is 1. The molecule has 0 radical (unpaired) electrons. The van der Waals surface area contributed by atoms with E-state index in [4.69, 9.17) is 0 Å². The van der Waals surface area contributed by atoms with E-state index < -0.39 is 12.0 Å². The van der Waals surface area contributed by atoms with Crippen LogP contribution < -0.4 is 5.32 Å². The summed E-state index contributed by atoms with van der Waals surface area (Å²) in [5, 5.41) is 12.4. The van der Waals surface area contributed by atoms with Gasteiger partial charge in [-0.1, -0.05) is 83.1 Å². The summed E-state index contributed by atoms with van der Waals surface area (Å²) in [5.41, 5.74) is 4.90. The first-order chi connectivity index (χ1) is 18.5. The summed E-state index contributed by atoms with van der Waals surface area (Å²) in [6, 6.07) is 18.6. The number of nitrogens with zero attached hydrogens (tertiary/aromatic N) is 2. The van der Waals surface area contributed by atoms with Crippen LogP contribution in [-0.4, -0.2) is 33.0 Å². The topological polar surface area (TPSA) is 92.2 Å². The second-order valence-electron chi connectivity index (χ2n) is 11.3. The van der Waals surface area contributed by atoms with Crippen LogP contribution in [0.5, 0.6) is 0 Å². The monoisotopic (exact) mass is 541 g/mol. The number of benzene rings is 2. The molecule has 39 heavy (non-hydrogen) atoms. The van der Waals surface area contributed by atoms with Crippen molar-refractivity contribution >= 4 is 23.2 Å². The number of carboxylic acids is 1. The Labute approximate surface area is 234 Å². The zero-order valence-electron chi connectivity index (χ0n) is 23.1. The molecule has 0 aliphatic heterocycles. The second-order valence-corrected chi connectivity index (χ2v) is 12.4. The number of amides is 1. The predicted molar refractivity (Wildman–Crippen MR) is 157 cm³/mol. The molecule has 0 aliphatic carbocycles. The van der Waals surface area contributed by atoms with Crippen molar-refractivity contribution in [3.05, 3.63) is 93.9 Å². The molecule has 1 unspecified atom stereocenters. The quantitative estimate of drug-likeness (QED) is 0.243. The minimum absolute atomic E-state index is 0.0695. The van der Waals surface area contributed by atoms with Gasteiger partial charge in [0.15, 0.2) is 5.82 Å². The number of aliphatic carboxylic acids is 1. The molecule has 0 spiro atoms. The first-order valence-corrected chi connectivity index (χ1v) is 14.0. The van der Waals surface area contributed by atoms with E-state index in [0.29, 0.717) is 16.6 Å². The number of nitrogens with one attached hydrogen (secondary N) is 1. The summed E-state index contributed by atoms with van der Waals surface area (Å²) < 4.78 is 0. The molecule has 4 rings (SSSR count). The van der Waals surface area contributed by atoms with Crippen molar-refractivity contribution in [1.29, 1.82) is 0 Å². The maximum Gasteiger partial charge on any atom is 0.326 e. The normalized spacial score (nSPS) is 12.4. The first-order valence-electron chi connectivity index (χ1n) is 13.1. The number of aromatic nitrogens is 2. The van der Waals surface area contributed by atoms with Crippen LogP contribution in [0.25, 0.3) is 22.5 Å². The maximum atomic E-state index is 12.7. The summed E-state index contributed by atoms with van der Waals surface area (Å²) in [6.45, 7) is 10.7. The zero-order chi connectivity index (χ0) is 28.2. The van der Waals surface area contributed by atoms with E-state index in [1.165, 1.54) is 16.9 Å². The van der Waals surface area contributed by atoms with Crippen molar-refractivity contribution in [2.75, 3.05) is 0 Å². The van der Waals surface area contributed by atoms with E-state index >= 15 is 0 Å². The van der Waals surface area contributed by atoms with Crippen molar-refractivity contribution in [3.8, 4) is 22.5 Å². The third-order valence-corrected chi connectivity index (χ3v) is 7.92. The maximum absolute atomic E-state index is 12.7. The summed E-state index contributed by atoms with van der Waals surface area (Å²) in [4.78, 5) is 35.3. The van der Waals surface area contributed by atoms with Crippen molar-refractivity contribution in [2.24, 2.45) is 5.92 Å². The lowest BCUT2D eigenvalue weighted by Crippen LogP contribution is -2.42. The minimum Gasteiger partial charge on any atom is -0.480 e. The van der Waals surface area contributed by atoms with Crippen LogP contribution in [0.2, 0.25) is 0 Å². The lowest BCUT2D eigenvalue weighted by Gasteiger charge is -2.16. The standard InChI is InChI=1S/C32H35N3O3S/c1-20(2)16-21-6-10-23(11-7-21)25-18-33-29(34-19-25)24-12-8-22(9-13-24)17-26(31(37)38)35-30(36)27-14-15-28(39-27)32(3,4)5/h6-15,18-20,26H,16-17H2,1-5H3,(H,35,36)(H,37,38). The fourth-order valence-corrected chi connectivity index (χ4v) is 5.22. The molecule has 2 heterocycles. The van der Waals surface area contributed by atoms with Gasteiger partial charge >= 0.3 is 5.97 Å². The highest BCUT2D eigenvalue weighted by Crippen LogP contribution is 2.29. The van der Waals surface area contributed by atoms with Gasteiger partial charge in [0.2, 0.25) is 0 Å². The molecule has 2 aromatic carbocycles. The Morgan fingerprint density at radius 3 is 1.90 bits per heavy atom. The Morgan fingerprint density at radius 2 is 1.38 bits per heavy atom. The number of carbonyl (C=O) groups is 2. The molecule has 0 fully saturated rings. The lowest BCUT2D eigenvalue weighted by molar-refractivity contribution is -0.139. The number of thiophene rings is 1. The predicted octanol–water partition coefficient (Wildman–Crippen LogP) is 6.79. The van der Waals surface area contributed by atoms with E-state index in [9.17, 15) is 14.7 Å². The van der Waals surface area contributed by atoms with Gasteiger partial charge in [0, 0.05) is 34.8 Å². The first kappa shape index (κ1) is 28.2. The molecule has 0 aliphatic rings. The molecule has 4 aromatic rings. The molecule has 0 bridgehead atoms. The summed E-state index contributed by atoms with van der Waals surface area (Å²) in [6.07, 6.45) is 4.86. The fraction of sp³-hybridized carbons (Fsp3) is 0.312. The number of rotatable bonds is 9. The van der Waals surface area contributed by atoms with Crippen LogP contribution in [0.3, 0.4) is 0 Å². The summed E-state index contributed by atoms with van der Waals surface area (Å²) >= 11 is 1.39. The van der Waals surface area contributed by atoms with E-state index in [2.05, 4.69) is 74.2 Å². The average molecular weight is 542 g/mol. The van der Waals surface area contributed by atoms with Gasteiger partial charge in [0.05, 0.1) is 4.88 Å². The van der Waals surface area contributed by atoms with E-state index in [-0.39, 0.29) is 17.7 Å². The summed E-state index contributed by atoms with van der Waals surface area (Å²) in [7, 11) is 0. The van der Waals surface area contributed by atoms with Gasteiger partial charge in [0.1, 0.15) is 6.04 Å². The molecule has 202 valence electrons. The molecule has 1 amide bonds. The molecule has 0 saturated carbocycles. The van der Waals surface area contributed by atoms with Crippen LogP contribution >= 0.6 is 11.3 Å². The Hall–Kier alpha value is -3.84. The van der Waals surface area contributed by atoms with E-state index in [0.717, 1.165) is 33.6 Å². The molecule has 2 aromatic heterocycles. The summed E-state index contributed by atoms with van der Waals surface area (Å²) in [5.74, 6) is -0.234. The highest BCUT2D eigenvalue weighted by molar-refractivity contribution is 7.14. The van der Waals surface area contributed by atoms with Gasteiger partial charge in [-0.3, -0.25) is 4.79 Å². The largest absolute Gasteiger partial charge is 0.480 e. The van der Waals surface area contributed by atoms with E-state index in [1.807, 2.05) is 42.7 Å². The van der Waals surface area contributed by atoms with Crippen molar-refractivity contribution in [2.45, 2.75) is 58.9 Å². The van der Waals surface area contributed by atoms with Crippen LogP contribution in [0, 0.1) is 5.92 Å². The van der Waals surface area contributed by atoms with Crippen LogP contribution in [0.1, 0.15) is 60.3 Å². The third-order valence-electron chi connectivity index (χ3n) is 6.41. The number of hydrogen-bond donors (Lipinski definition) is 2. The van der Waals surface area contributed by atoms with Gasteiger partial charge in [-0.05, 0) is 46.6 Å². The molecule has 1 atom stereocenters. The minimum atomic E-state index is -1.07. The number of hydrogen-bond acceptors (Lipinski definition) is 5. The van der Waals surface area contributed by atoms with Gasteiger partial charge in [-0.25, -0.2) is 14.8 Å². The van der Waals surface area contributed by atoms with Crippen molar-refractivity contribution in [3.63, 3.8) is 0 Å². The second kappa shape index (κ2) is 11.9. The Morgan fingerprint density at radius 1 is 0.821 bits per heavy atom. The van der Waals surface area contributed by atoms with Crippen molar-refractivity contribution < 1.29 is 14.7 Å². The van der Waals surface area contributed by atoms with Gasteiger partial charge in [-0.15, -0.1) is 11.3 Å². The third kappa shape index (κ3) is 7.39. The molecule has 0 saturated heterocycles. The Balaban J connectivity index is 1.40. The Bertz CT molecular complexity index is 1420. The van der Waals surface area contributed by atoms with Crippen molar-refractivity contribution in [1.82, 2.24) is 15.3 Å². The van der Waals surface area contributed by atoms with Crippen LogP contribution in [0.4, 0.5) is 0 Å². The molecular formula is C32H35N3O3S. The fourth-order valence-electron chi connectivity index (χ4n) is 4.25. The lowest BCUT2D eigenvalue weighted by atomic mass is 9.95. The molecule has 2 N–H and O–H groups in total.